The second-order valence-corrected chi connectivity index (χ2v) is 4.58. The van der Waals surface area contributed by atoms with Crippen LogP contribution in [0.3, 0.4) is 0 Å². The summed E-state index contributed by atoms with van der Waals surface area (Å²) in [6.07, 6.45) is 3.77. The molecule has 0 saturated heterocycles. The van der Waals surface area contributed by atoms with E-state index in [-0.39, 0.29) is 11.9 Å². The molecule has 1 aromatic rings. The highest BCUT2D eigenvalue weighted by atomic mass is 16.2. The summed E-state index contributed by atoms with van der Waals surface area (Å²) in [5, 5.41) is 6.04. The number of nitrogens with zero attached hydrogens (tertiary/aromatic N) is 1. The van der Waals surface area contributed by atoms with E-state index < -0.39 is 0 Å². The van der Waals surface area contributed by atoms with Gasteiger partial charge in [0.1, 0.15) is 11.9 Å². The molecule has 0 spiro atoms. The number of pyridine rings is 1. The number of nitrogens with two attached hydrogens (primary N) is 1. The molecule has 1 unspecified atom stereocenters. The van der Waals surface area contributed by atoms with Crippen LogP contribution in [-0.2, 0) is 4.79 Å². The van der Waals surface area contributed by atoms with Gasteiger partial charge in [0, 0.05) is 6.04 Å². The first-order valence-electron chi connectivity index (χ1n) is 5.85. The number of carbonyl (C=O) groups excluding carboxylic acids is 1. The molecule has 4 N–H and O–H groups in total. The zero-order valence-electron chi connectivity index (χ0n) is 10.2. The van der Waals surface area contributed by atoms with Crippen molar-refractivity contribution in [2.24, 2.45) is 0 Å². The smallest absolute Gasteiger partial charge is 0.242 e. The van der Waals surface area contributed by atoms with Gasteiger partial charge in [-0.15, -0.1) is 0 Å². The lowest BCUT2D eigenvalue weighted by Gasteiger charge is -2.15. The van der Waals surface area contributed by atoms with E-state index in [2.05, 4.69) is 15.6 Å². The van der Waals surface area contributed by atoms with Crippen LogP contribution in [0.5, 0.6) is 0 Å². The molecule has 1 atom stereocenters. The molecule has 5 heteroatoms. The minimum atomic E-state index is -0.287. The van der Waals surface area contributed by atoms with Crippen molar-refractivity contribution in [3.05, 3.63) is 17.8 Å². The van der Waals surface area contributed by atoms with Gasteiger partial charge in [0.25, 0.3) is 0 Å². The average Bonchev–Trinajstić information content (AvgIpc) is 3.06. The normalized spacial score (nSPS) is 16.4. The van der Waals surface area contributed by atoms with Crippen molar-refractivity contribution in [2.45, 2.75) is 38.8 Å². The van der Waals surface area contributed by atoms with E-state index >= 15 is 0 Å². The number of aromatic nitrogens is 1. The van der Waals surface area contributed by atoms with Gasteiger partial charge in [0.2, 0.25) is 5.91 Å². The van der Waals surface area contributed by atoms with Crippen molar-refractivity contribution >= 4 is 17.4 Å². The van der Waals surface area contributed by atoms with Crippen LogP contribution in [0, 0.1) is 6.92 Å². The summed E-state index contributed by atoms with van der Waals surface area (Å²) < 4.78 is 0. The van der Waals surface area contributed by atoms with Crippen molar-refractivity contribution in [1.82, 2.24) is 10.3 Å². The molecule has 1 aliphatic rings. The van der Waals surface area contributed by atoms with Crippen LogP contribution in [0.1, 0.15) is 25.3 Å². The van der Waals surface area contributed by atoms with Gasteiger partial charge in [-0.2, -0.15) is 0 Å². The Kier molecular flexibility index (Phi) is 3.17. The van der Waals surface area contributed by atoms with E-state index in [0.717, 1.165) is 18.4 Å². The van der Waals surface area contributed by atoms with Crippen LogP contribution in [-0.4, -0.2) is 23.0 Å². The maximum absolute atomic E-state index is 11.7. The molecule has 1 saturated carbocycles. The summed E-state index contributed by atoms with van der Waals surface area (Å²) in [4.78, 5) is 15.9. The molecular weight excluding hydrogens is 216 g/mol. The Hall–Kier alpha value is -1.78. The summed E-state index contributed by atoms with van der Waals surface area (Å²) in [6.45, 7) is 3.74. The first-order valence-corrected chi connectivity index (χ1v) is 5.85. The molecule has 2 rings (SSSR count). The van der Waals surface area contributed by atoms with Crippen LogP contribution in [0.2, 0.25) is 0 Å². The van der Waals surface area contributed by atoms with Gasteiger partial charge in [-0.05, 0) is 38.3 Å². The van der Waals surface area contributed by atoms with E-state index in [0.29, 0.717) is 17.5 Å². The Morgan fingerprint density at radius 3 is 2.88 bits per heavy atom. The lowest BCUT2D eigenvalue weighted by atomic mass is 10.2. The molecular formula is C12H18N4O. The van der Waals surface area contributed by atoms with Gasteiger partial charge in [-0.25, -0.2) is 4.98 Å². The van der Waals surface area contributed by atoms with E-state index in [4.69, 9.17) is 5.73 Å². The van der Waals surface area contributed by atoms with E-state index in [9.17, 15) is 4.79 Å². The summed E-state index contributed by atoms with van der Waals surface area (Å²) >= 11 is 0. The lowest BCUT2D eigenvalue weighted by Crippen LogP contribution is -2.39. The standard InChI is InChI=1S/C12H18N4O/c1-7-5-9(13)6-14-11(7)15-8(2)12(17)16-10-3-4-10/h5-6,8,10H,3-4,13H2,1-2H3,(H,14,15)(H,16,17). The Labute approximate surface area is 101 Å². The van der Waals surface area contributed by atoms with E-state index in [1.54, 1.807) is 6.20 Å². The van der Waals surface area contributed by atoms with Gasteiger partial charge in [0.15, 0.2) is 0 Å². The average molecular weight is 234 g/mol. The molecule has 1 amide bonds. The van der Waals surface area contributed by atoms with Gasteiger partial charge >= 0.3 is 0 Å². The van der Waals surface area contributed by atoms with Gasteiger partial charge in [-0.1, -0.05) is 0 Å². The minimum Gasteiger partial charge on any atom is -0.397 e. The van der Waals surface area contributed by atoms with Crippen LogP contribution in [0.4, 0.5) is 11.5 Å². The summed E-state index contributed by atoms with van der Waals surface area (Å²) in [5.41, 5.74) is 7.19. The predicted octanol–water partition coefficient (Wildman–Crippen LogP) is 1.05. The van der Waals surface area contributed by atoms with Crippen LogP contribution < -0.4 is 16.4 Å². The third kappa shape index (κ3) is 3.09. The Morgan fingerprint density at radius 2 is 2.29 bits per heavy atom. The quantitative estimate of drug-likeness (QED) is 0.727. The number of nitrogen functional groups attached to an aromatic ring is 1. The first-order chi connectivity index (χ1) is 8.06. The summed E-state index contributed by atoms with van der Waals surface area (Å²) in [5.74, 6) is 0.725. The maximum Gasteiger partial charge on any atom is 0.242 e. The van der Waals surface area contributed by atoms with Crippen LogP contribution in [0.15, 0.2) is 12.3 Å². The third-order valence-corrected chi connectivity index (χ3v) is 2.77. The SMILES string of the molecule is Cc1cc(N)cnc1NC(C)C(=O)NC1CC1. The number of aryl methyl sites for hydroxylation is 1. The van der Waals surface area contributed by atoms with Crippen LogP contribution in [0.25, 0.3) is 0 Å². The highest BCUT2D eigenvalue weighted by Gasteiger charge is 2.25. The largest absolute Gasteiger partial charge is 0.397 e. The molecule has 0 radical (unpaired) electrons. The highest BCUT2D eigenvalue weighted by molar-refractivity contribution is 5.84. The molecule has 5 nitrogen and oxygen atoms in total. The number of carbonyl (C=O) groups is 1. The second kappa shape index (κ2) is 4.61. The molecule has 1 fully saturated rings. The Balaban J connectivity index is 1.96. The van der Waals surface area contributed by atoms with E-state index in [1.807, 2.05) is 19.9 Å². The van der Waals surface area contributed by atoms with Crippen molar-refractivity contribution in [1.29, 1.82) is 0 Å². The number of anilines is 2. The fourth-order valence-electron chi connectivity index (χ4n) is 1.57. The van der Waals surface area contributed by atoms with Crippen molar-refractivity contribution < 1.29 is 4.79 Å². The minimum absolute atomic E-state index is 0.0190. The third-order valence-electron chi connectivity index (χ3n) is 2.77. The molecule has 0 aromatic carbocycles. The number of hydrogen-bond acceptors (Lipinski definition) is 4. The molecule has 1 aromatic heterocycles. The lowest BCUT2D eigenvalue weighted by molar-refractivity contribution is -0.121. The topological polar surface area (TPSA) is 80.0 Å². The number of nitrogens with one attached hydrogen (secondary N) is 2. The molecule has 17 heavy (non-hydrogen) atoms. The Bertz CT molecular complexity index is 429. The highest BCUT2D eigenvalue weighted by Crippen LogP contribution is 2.19. The molecule has 0 bridgehead atoms. The summed E-state index contributed by atoms with van der Waals surface area (Å²) in [7, 11) is 0. The van der Waals surface area contributed by atoms with Gasteiger partial charge in [0.05, 0.1) is 11.9 Å². The molecule has 92 valence electrons. The van der Waals surface area contributed by atoms with Gasteiger partial charge in [-0.3, -0.25) is 4.79 Å². The fraction of sp³-hybridized carbons (Fsp3) is 0.500. The maximum atomic E-state index is 11.7. The van der Waals surface area contributed by atoms with Crippen molar-refractivity contribution in [2.75, 3.05) is 11.1 Å². The number of amides is 1. The van der Waals surface area contributed by atoms with Crippen molar-refractivity contribution in [3.63, 3.8) is 0 Å². The molecule has 1 aliphatic carbocycles. The van der Waals surface area contributed by atoms with E-state index in [1.165, 1.54) is 0 Å². The van der Waals surface area contributed by atoms with Gasteiger partial charge < -0.3 is 16.4 Å². The Morgan fingerprint density at radius 1 is 1.59 bits per heavy atom. The second-order valence-electron chi connectivity index (χ2n) is 4.58. The molecule has 1 heterocycles. The molecule has 0 aliphatic heterocycles. The monoisotopic (exact) mass is 234 g/mol. The number of hydrogen-bond donors (Lipinski definition) is 3. The van der Waals surface area contributed by atoms with Crippen LogP contribution >= 0.6 is 0 Å². The zero-order chi connectivity index (χ0) is 12.4. The summed E-state index contributed by atoms with van der Waals surface area (Å²) in [6, 6.07) is 1.93. The zero-order valence-corrected chi connectivity index (χ0v) is 10.2. The fourth-order valence-corrected chi connectivity index (χ4v) is 1.57. The van der Waals surface area contributed by atoms with Crippen molar-refractivity contribution in [3.8, 4) is 0 Å². The first kappa shape index (κ1) is 11.7. The number of rotatable bonds is 4. The predicted molar refractivity (Wildman–Crippen MR) is 67.6 cm³/mol.